The van der Waals surface area contributed by atoms with Crippen LogP contribution in [0.5, 0.6) is 11.5 Å². The van der Waals surface area contributed by atoms with Gasteiger partial charge >= 0.3 is 0 Å². The van der Waals surface area contributed by atoms with Crippen molar-refractivity contribution in [2.45, 2.75) is 19.6 Å². The number of nitrogens with zero attached hydrogens (tertiary/aromatic N) is 1. The number of carbonyl (C=O) groups is 1. The van der Waals surface area contributed by atoms with Gasteiger partial charge in [-0.15, -0.1) is 0 Å². The van der Waals surface area contributed by atoms with Crippen molar-refractivity contribution in [2.75, 3.05) is 7.11 Å². The monoisotopic (exact) mass is 558 g/mol. The van der Waals surface area contributed by atoms with Crippen LogP contribution in [0.2, 0.25) is 10.0 Å². The highest BCUT2D eigenvalue weighted by Gasteiger charge is 2.16. The molecule has 1 atom stereocenters. The Morgan fingerprint density at radius 1 is 1.15 bits per heavy atom. The van der Waals surface area contributed by atoms with Crippen molar-refractivity contribution in [1.82, 2.24) is 5.32 Å². The standard InChI is InChI=1S/C26H21BrCl2N2O3/c1-16(19-6-4-3-5-7-19)31-26(32)20(14-30)10-18-11-21(27)25(24(13-18)33-2)34-15-17-8-9-22(28)23(29)12-17/h3-13,16H,15H2,1-2H3,(H,31,32)/b20-10-/t16-/m1/s1. The van der Waals surface area contributed by atoms with Crippen molar-refractivity contribution in [1.29, 1.82) is 5.26 Å². The van der Waals surface area contributed by atoms with Crippen LogP contribution in [0.4, 0.5) is 0 Å². The maximum absolute atomic E-state index is 12.7. The maximum Gasteiger partial charge on any atom is 0.262 e. The van der Waals surface area contributed by atoms with E-state index in [4.69, 9.17) is 32.7 Å². The van der Waals surface area contributed by atoms with Crippen molar-refractivity contribution in [3.63, 3.8) is 0 Å². The molecule has 34 heavy (non-hydrogen) atoms. The number of carbonyl (C=O) groups excluding carboxylic acids is 1. The normalized spacial score (nSPS) is 11.9. The van der Waals surface area contributed by atoms with Gasteiger partial charge in [0.05, 0.1) is 27.7 Å². The number of methoxy groups -OCH3 is 1. The number of hydrogen-bond donors (Lipinski definition) is 1. The summed E-state index contributed by atoms with van der Waals surface area (Å²) in [5.74, 6) is 0.455. The molecule has 0 saturated heterocycles. The zero-order valence-corrected chi connectivity index (χ0v) is 21.5. The summed E-state index contributed by atoms with van der Waals surface area (Å²) in [7, 11) is 1.51. The van der Waals surface area contributed by atoms with E-state index in [9.17, 15) is 10.1 Å². The molecule has 0 bridgehead atoms. The SMILES string of the molecule is COc1cc(/C=C(/C#N)C(=O)N[C@H](C)c2ccccc2)cc(Br)c1OCc1ccc(Cl)c(Cl)c1. The molecule has 3 aromatic rings. The number of ether oxygens (including phenoxy) is 2. The fourth-order valence-corrected chi connectivity index (χ4v) is 4.06. The second kappa shape index (κ2) is 11.9. The van der Waals surface area contributed by atoms with Crippen LogP contribution in [-0.2, 0) is 11.4 Å². The molecule has 0 radical (unpaired) electrons. The van der Waals surface area contributed by atoms with Crippen molar-refractivity contribution >= 4 is 51.1 Å². The predicted octanol–water partition coefficient (Wildman–Crippen LogP) is 7.13. The lowest BCUT2D eigenvalue weighted by Crippen LogP contribution is -2.27. The largest absolute Gasteiger partial charge is 0.493 e. The molecule has 0 unspecified atom stereocenters. The average molecular weight is 560 g/mol. The first-order valence-corrected chi connectivity index (χ1v) is 11.8. The minimum atomic E-state index is -0.464. The van der Waals surface area contributed by atoms with E-state index in [1.807, 2.05) is 49.4 Å². The van der Waals surface area contributed by atoms with Gasteiger partial charge in [-0.2, -0.15) is 5.26 Å². The molecule has 0 fully saturated rings. The molecule has 8 heteroatoms. The van der Waals surface area contributed by atoms with Gasteiger partial charge in [-0.05, 0) is 69.9 Å². The Morgan fingerprint density at radius 3 is 2.53 bits per heavy atom. The molecule has 0 heterocycles. The van der Waals surface area contributed by atoms with Crippen molar-refractivity contribution in [3.05, 3.63) is 97.4 Å². The van der Waals surface area contributed by atoms with Crippen LogP contribution in [0.1, 0.15) is 29.7 Å². The topological polar surface area (TPSA) is 71.3 Å². The molecule has 0 aliphatic carbocycles. The van der Waals surface area contributed by atoms with Crippen LogP contribution in [0.15, 0.2) is 70.7 Å². The Bertz CT molecular complexity index is 1260. The number of rotatable bonds is 8. The van der Waals surface area contributed by atoms with E-state index in [1.165, 1.54) is 13.2 Å². The Kier molecular flexibility index (Phi) is 9.00. The molecule has 174 valence electrons. The highest BCUT2D eigenvalue weighted by Crippen LogP contribution is 2.38. The van der Waals surface area contributed by atoms with E-state index in [0.29, 0.717) is 31.6 Å². The second-order valence-electron chi connectivity index (χ2n) is 7.35. The minimum absolute atomic E-state index is 0.0267. The van der Waals surface area contributed by atoms with E-state index in [1.54, 1.807) is 24.3 Å². The minimum Gasteiger partial charge on any atom is -0.493 e. The first-order chi connectivity index (χ1) is 16.3. The van der Waals surface area contributed by atoms with Crippen LogP contribution in [0, 0.1) is 11.3 Å². The third kappa shape index (κ3) is 6.54. The summed E-state index contributed by atoms with van der Waals surface area (Å²) in [4.78, 5) is 12.7. The van der Waals surface area contributed by atoms with Gasteiger partial charge in [0, 0.05) is 0 Å². The summed E-state index contributed by atoms with van der Waals surface area (Å²) < 4.78 is 12.0. The molecular formula is C26H21BrCl2N2O3. The van der Waals surface area contributed by atoms with Crippen LogP contribution in [0.3, 0.4) is 0 Å². The fourth-order valence-electron chi connectivity index (χ4n) is 3.16. The van der Waals surface area contributed by atoms with Crippen LogP contribution < -0.4 is 14.8 Å². The zero-order valence-electron chi connectivity index (χ0n) is 18.4. The molecule has 3 rings (SSSR count). The number of nitriles is 1. The van der Waals surface area contributed by atoms with Crippen molar-refractivity contribution < 1.29 is 14.3 Å². The molecular weight excluding hydrogens is 539 g/mol. The molecule has 3 aromatic carbocycles. The van der Waals surface area contributed by atoms with E-state index >= 15 is 0 Å². The molecule has 0 aliphatic rings. The van der Waals surface area contributed by atoms with Crippen molar-refractivity contribution in [3.8, 4) is 17.6 Å². The van der Waals surface area contributed by atoms with Gasteiger partial charge in [0.2, 0.25) is 0 Å². The molecule has 1 amide bonds. The quantitative estimate of drug-likeness (QED) is 0.235. The van der Waals surface area contributed by atoms with E-state index in [-0.39, 0.29) is 18.2 Å². The van der Waals surface area contributed by atoms with Gasteiger partial charge in [0.25, 0.3) is 5.91 Å². The van der Waals surface area contributed by atoms with E-state index in [2.05, 4.69) is 21.2 Å². The first-order valence-electron chi connectivity index (χ1n) is 10.2. The second-order valence-corrected chi connectivity index (χ2v) is 9.02. The smallest absolute Gasteiger partial charge is 0.262 e. The highest BCUT2D eigenvalue weighted by atomic mass is 79.9. The fraction of sp³-hybridized carbons (Fsp3) is 0.154. The Balaban J connectivity index is 1.79. The Hall–Kier alpha value is -2.98. The number of amides is 1. The molecule has 5 nitrogen and oxygen atoms in total. The number of halogens is 3. The summed E-state index contributed by atoms with van der Waals surface area (Å²) in [6.45, 7) is 2.10. The zero-order chi connectivity index (χ0) is 24.7. The van der Waals surface area contributed by atoms with E-state index in [0.717, 1.165) is 11.1 Å². The average Bonchev–Trinajstić information content (AvgIpc) is 2.84. The van der Waals surface area contributed by atoms with Gasteiger partial charge in [-0.3, -0.25) is 4.79 Å². The Labute approximate surface area is 217 Å². The lowest BCUT2D eigenvalue weighted by molar-refractivity contribution is -0.117. The van der Waals surface area contributed by atoms with Crippen LogP contribution in [-0.4, -0.2) is 13.0 Å². The number of benzene rings is 3. The van der Waals surface area contributed by atoms with Gasteiger partial charge in [-0.25, -0.2) is 0 Å². The lowest BCUT2D eigenvalue weighted by atomic mass is 10.1. The maximum atomic E-state index is 12.7. The molecule has 0 aliphatic heterocycles. The van der Waals surface area contributed by atoms with Crippen molar-refractivity contribution in [2.24, 2.45) is 0 Å². The predicted molar refractivity (Wildman–Crippen MR) is 138 cm³/mol. The summed E-state index contributed by atoms with van der Waals surface area (Å²) in [5, 5.41) is 13.3. The molecule has 0 aromatic heterocycles. The summed E-state index contributed by atoms with van der Waals surface area (Å²) in [6, 6.07) is 20.0. The Morgan fingerprint density at radius 2 is 1.88 bits per heavy atom. The van der Waals surface area contributed by atoms with Gasteiger partial charge in [-0.1, -0.05) is 59.6 Å². The van der Waals surface area contributed by atoms with Gasteiger partial charge in [0.1, 0.15) is 18.2 Å². The highest BCUT2D eigenvalue weighted by molar-refractivity contribution is 9.10. The summed E-state index contributed by atoms with van der Waals surface area (Å²) in [6.07, 6.45) is 1.50. The summed E-state index contributed by atoms with van der Waals surface area (Å²) >= 11 is 15.5. The first kappa shape index (κ1) is 25.6. The van der Waals surface area contributed by atoms with Crippen LogP contribution in [0.25, 0.3) is 6.08 Å². The van der Waals surface area contributed by atoms with E-state index < -0.39 is 5.91 Å². The molecule has 0 saturated carbocycles. The molecule has 1 N–H and O–H groups in total. The molecule has 0 spiro atoms. The van der Waals surface area contributed by atoms with Crippen LogP contribution >= 0.6 is 39.1 Å². The summed E-state index contributed by atoms with van der Waals surface area (Å²) in [5.41, 5.74) is 2.36. The third-order valence-corrected chi connectivity index (χ3v) is 6.27. The van der Waals surface area contributed by atoms with Gasteiger partial charge < -0.3 is 14.8 Å². The lowest BCUT2D eigenvalue weighted by Gasteiger charge is -2.15. The van der Waals surface area contributed by atoms with Gasteiger partial charge in [0.15, 0.2) is 11.5 Å². The number of hydrogen-bond acceptors (Lipinski definition) is 4. The number of nitrogens with one attached hydrogen (secondary N) is 1. The third-order valence-electron chi connectivity index (χ3n) is 4.94.